The number of benzene rings is 1. The first kappa shape index (κ1) is 21.0. The quantitative estimate of drug-likeness (QED) is 0.796. The average Bonchev–Trinajstić information content (AvgIpc) is 2.65. The molecule has 26 heavy (non-hydrogen) atoms. The first-order valence-electron chi connectivity index (χ1n) is 8.81. The first-order valence-corrected chi connectivity index (χ1v) is 9.97. The van der Waals surface area contributed by atoms with E-state index in [0.29, 0.717) is 24.3 Å². The van der Waals surface area contributed by atoms with E-state index in [-0.39, 0.29) is 41.5 Å². The van der Waals surface area contributed by atoms with Crippen LogP contribution < -0.4 is 10.6 Å². The van der Waals surface area contributed by atoms with Crippen LogP contribution in [0.5, 0.6) is 0 Å². The van der Waals surface area contributed by atoms with Crippen molar-refractivity contribution in [3.63, 3.8) is 0 Å². The molecule has 1 saturated heterocycles. The summed E-state index contributed by atoms with van der Waals surface area (Å²) in [6.07, 6.45) is 3.93. The number of nitrogens with one attached hydrogen (secondary N) is 2. The molecule has 0 spiro atoms. The SMILES string of the molecule is Cl.O=C(CSCC(=O)N1CCCCC1)Nc1ccc2c(c1F)CCNC2. The minimum atomic E-state index is -0.332. The second-order valence-corrected chi connectivity index (χ2v) is 7.46. The molecule has 0 aromatic heterocycles. The Morgan fingerprint density at radius 2 is 1.96 bits per heavy atom. The van der Waals surface area contributed by atoms with Gasteiger partial charge >= 0.3 is 0 Å². The van der Waals surface area contributed by atoms with Crippen molar-refractivity contribution in [2.24, 2.45) is 0 Å². The van der Waals surface area contributed by atoms with E-state index in [2.05, 4.69) is 10.6 Å². The standard InChI is InChI=1S/C18H24FN3O2S.ClH/c19-18-14-6-7-20-10-13(14)4-5-15(18)21-16(23)11-25-12-17(24)22-8-2-1-3-9-22;/h4-5,20H,1-3,6-12H2,(H,21,23);1H. The van der Waals surface area contributed by atoms with Crippen LogP contribution in [0.3, 0.4) is 0 Å². The summed E-state index contributed by atoms with van der Waals surface area (Å²) in [6.45, 7) is 3.05. The fraction of sp³-hybridized carbons (Fsp3) is 0.556. The Balaban J connectivity index is 0.00000243. The molecule has 0 unspecified atom stereocenters. The van der Waals surface area contributed by atoms with Gasteiger partial charge in [-0.25, -0.2) is 4.39 Å². The largest absolute Gasteiger partial charge is 0.342 e. The van der Waals surface area contributed by atoms with Gasteiger partial charge in [0.25, 0.3) is 0 Å². The lowest BCUT2D eigenvalue weighted by molar-refractivity contribution is -0.129. The van der Waals surface area contributed by atoms with Crippen LogP contribution in [-0.2, 0) is 22.6 Å². The molecule has 0 bridgehead atoms. The van der Waals surface area contributed by atoms with E-state index in [1.165, 1.54) is 18.2 Å². The van der Waals surface area contributed by atoms with Gasteiger partial charge in [0.05, 0.1) is 17.2 Å². The van der Waals surface area contributed by atoms with Gasteiger partial charge in [0.15, 0.2) is 0 Å². The van der Waals surface area contributed by atoms with Crippen molar-refractivity contribution in [2.45, 2.75) is 32.2 Å². The molecule has 8 heteroatoms. The molecule has 144 valence electrons. The van der Waals surface area contributed by atoms with Crippen LogP contribution in [0.2, 0.25) is 0 Å². The number of piperidine rings is 1. The zero-order valence-electron chi connectivity index (χ0n) is 14.7. The molecular weight excluding hydrogens is 377 g/mol. The highest BCUT2D eigenvalue weighted by molar-refractivity contribution is 8.00. The highest BCUT2D eigenvalue weighted by Gasteiger charge is 2.19. The van der Waals surface area contributed by atoms with Crippen molar-refractivity contribution in [2.75, 3.05) is 36.5 Å². The number of anilines is 1. The van der Waals surface area contributed by atoms with Crippen LogP contribution in [0.25, 0.3) is 0 Å². The summed E-state index contributed by atoms with van der Waals surface area (Å²) < 4.78 is 14.5. The molecule has 1 aromatic carbocycles. The van der Waals surface area contributed by atoms with Crippen LogP contribution in [0, 0.1) is 5.82 Å². The van der Waals surface area contributed by atoms with E-state index in [4.69, 9.17) is 0 Å². The predicted octanol–water partition coefficient (Wildman–Crippen LogP) is 2.58. The van der Waals surface area contributed by atoms with Crippen molar-refractivity contribution in [1.82, 2.24) is 10.2 Å². The van der Waals surface area contributed by atoms with Crippen molar-refractivity contribution >= 4 is 41.7 Å². The van der Waals surface area contributed by atoms with Crippen molar-refractivity contribution in [3.8, 4) is 0 Å². The lowest BCUT2D eigenvalue weighted by atomic mass is 9.99. The fourth-order valence-corrected chi connectivity index (χ4v) is 4.00. The predicted molar refractivity (Wildman–Crippen MR) is 105 cm³/mol. The first-order chi connectivity index (χ1) is 12.1. The molecule has 0 radical (unpaired) electrons. The van der Waals surface area contributed by atoms with Crippen molar-refractivity contribution in [3.05, 3.63) is 29.1 Å². The highest BCUT2D eigenvalue weighted by atomic mass is 35.5. The van der Waals surface area contributed by atoms with Gasteiger partial charge in [-0.15, -0.1) is 24.2 Å². The molecule has 2 heterocycles. The lowest BCUT2D eigenvalue weighted by Crippen LogP contribution is -2.37. The number of hydrogen-bond donors (Lipinski definition) is 2. The Hall–Kier alpha value is -1.31. The van der Waals surface area contributed by atoms with Crippen LogP contribution in [-0.4, -0.2) is 47.9 Å². The number of fused-ring (bicyclic) bond motifs is 1. The summed E-state index contributed by atoms with van der Waals surface area (Å²) in [5, 5.41) is 5.83. The molecule has 2 amide bonds. The van der Waals surface area contributed by atoms with Gasteiger partial charge in [0, 0.05) is 19.6 Å². The second kappa shape index (κ2) is 10.1. The highest BCUT2D eigenvalue weighted by Crippen LogP contribution is 2.24. The molecule has 3 rings (SSSR count). The van der Waals surface area contributed by atoms with E-state index >= 15 is 0 Å². The van der Waals surface area contributed by atoms with Crippen LogP contribution >= 0.6 is 24.2 Å². The number of carbonyl (C=O) groups is 2. The molecule has 0 aliphatic carbocycles. The molecule has 2 N–H and O–H groups in total. The van der Waals surface area contributed by atoms with E-state index in [1.807, 2.05) is 11.0 Å². The summed E-state index contributed by atoms with van der Waals surface area (Å²) in [5.74, 6) is -0.0698. The third-order valence-electron chi connectivity index (χ3n) is 4.65. The minimum Gasteiger partial charge on any atom is -0.342 e. The third-order valence-corrected chi connectivity index (χ3v) is 5.57. The number of thioether (sulfide) groups is 1. The summed E-state index contributed by atoms with van der Waals surface area (Å²) in [5.41, 5.74) is 1.86. The van der Waals surface area contributed by atoms with Crippen LogP contribution in [0.1, 0.15) is 30.4 Å². The van der Waals surface area contributed by atoms with Crippen LogP contribution in [0.4, 0.5) is 10.1 Å². The Kier molecular flexibility index (Phi) is 8.18. The molecule has 1 fully saturated rings. The van der Waals surface area contributed by atoms with Gasteiger partial charge in [-0.2, -0.15) is 0 Å². The number of likely N-dealkylation sites (tertiary alicyclic amines) is 1. The Labute approximate surface area is 163 Å². The number of carbonyl (C=O) groups excluding carboxylic acids is 2. The minimum absolute atomic E-state index is 0. The molecule has 1 aromatic rings. The zero-order chi connectivity index (χ0) is 17.6. The van der Waals surface area contributed by atoms with Crippen LogP contribution in [0.15, 0.2) is 12.1 Å². The number of amides is 2. The van der Waals surface area contributed by atoms with Gasteiger partial charge in [-0.3, -0.25) is 9.59 Å². The molecule has 2 aliphatic rings. The Bertz CT molecular complexity index is 654. The molecular formula is C18H25ClFN3O2S. The van der Waals surface area contributed by atoms with E-state index in [9.17, 15) is 14.0 Å². The Morgan fingerprint density at radius 1 is 1.19 bits per heavy atom. The van der Waals surface area contributed by atoms with Gasteiger partial charge in [0.1, 0.15) is 5.82 Å². The normalized spacial score (nSPS) is 16.4. The van der Waals surface area contributed by atoms with E-state index < -0.39 is 0 Å². The van der Waals surface area contributed by atoms with E-state index in [0.717, 1.165) is 38.0 Å². The average molecular weight is 402 g/mol. The molecule has 0 saturated carbocycles. The monoisotopic (exact) mass is 401 g/mol. The number of rotatable bonds is 5. The molecule has 5 nitrogen and oxygen atoms in total. The maximum absolute atomic E-state index is 14.5. The topological polar surface area (TPSA) is 61.4 Å². The van der Waals surface area contributed by atoms with Crippen molar-refractivity contribution in [1.29, 1.82) is 0 Å². The maximum Gasteiger partial charge on any atom is 0.234 e. The third kappa shape index (κ3) is 5.34. The number of nitrogens with zero attached hydrogens (tertiary/aromatic N) is 1. The van der Waals surface area contributed by atoms with Gasteiger partial charge in [-0.1, -0.05) is 6.07 Å². The summed E-state index contributed by atoms with van der Waals surface area (Å²) in [7, 11) is 0. The number of halogens is 2. The summed E-state index contributed by atoms with van der Waals surface area (Å²) in [4.78, 5) is 26.0. The zero-order valence-corrected chi connectivity index (χ0v) is 16.3. The van der Waals surface area contributed by atoms with E-state index in [1.54, 1.807) is 6.07 Å². The molecule has 2 aliphatic heterocycles. The molecule has 0 atom stereocenters. The maximum atomic E-state index is 14.5. The van der Waals surface area contributed by atoms with Gasteiger partial charge in [-0.05, 0) is 49.4 Å². The Morgan fingerprint density at radius 3 is 2.73 bits per heavy atom. The smallest absolute Gasteiger partial charge is 0.234 e. The number of hydrogen-bond acceptors (Lipinski definition) is 4. The van der Waals surface area contributed by atoms with Gasteiger partial charge < -0.3 is 15.5 Å². The summed E-state index contributed by atoms with van der Waals surface area (Å²) >= 11 is 1.28. The fourth-order valence-electron chi connectivity index (χ4n) is 3.28. The van der Waals surface area contributed by atoms with Gasteiger partial charge in [0.2, 0.25) is 11.8 Å². The van der Waals surface area contributed by atoms with Crippen molar-refractivity contribution < 1.29 is 14.0 Å². The summed E-state index contributed by atoms with van der Waals surface area (Å²) in [6, 6.07) is 3.47. The second-order valence-electron chi connectivity index (χ2n) is 6.47. The lowest BCUT2D eigenvalue weighted by Gasteiger charge is -2.26.